The summed E-state index contributed by atoms with van der Waals surface area (Å²) in [5.41, 5.74) is 0.415. The van der Waals surface area contributed by atoms with Crippen LogP contribution in [-0.4, -0.2) is 25.5 Å². The average molecular weight is 596 g/mol. The minimum Gasteiger partial charge on any atom is -0.870 e. The number of azo groups is 1. The summed E-state index contributed by atoms with van der Waals surface area (Å²) in [7, 11) is -4.63. The Balaban J connectivity index is 0.00000420. The smallest absolute Gasteiger partial charge is 0.870 e. The van der Waals surface area contributed by atoms with Crippen molar-refractivity contribution in [3.8, 4) is 11.5 Å². The summed E-state index contributed by atoms with van der Waals surface area (Å²) >= 11 is 12.1. The topological polar surface area (TPSA) is 140 Å². The number of fused-ring (bicyclic) bond motifs is 1. The molecule has 0 spiro atoms. The van der Waals surface area contributed by atoms with E-state index in [-0.39, 0.29) is 51.5 Å². The molecule has 0 aliphatic carbocycles. The first-order chi connectivity index (χ1) is 18.0. The second-order valence-electron chi connectivity index (χ2n) is 8.11. The second kappa shape index (κ2) is 12.6. The number of rotatable bonds is 7. The summed E-state index contributed by atoms with van der Waals surface area (Å²) in [5, 5.41) is 25.4. The zero-order valence-corrected chi connectivity index (χ0v) is 25.4. The van der Waals surface area contributed by atoms with E-state index in [0.717, 1.165) is 6.07 Å². The number of hydrogen-bond donors (Lipinski definition) is 2. The standard InChI is InChI=1S/C26H21Cl2N3O6S.Na/c1-3-37-21-12-16(8-9-20(21)27)29-26(33)19-11-15-6-4-5-7-18(15)24(25(19)32)31-30-17-10-14(2)23(28)22(13-17)38(34,35)36;/h4-13,32H,3H2,1-2H3,(H,29,33)(H,34,35,36);/q;+1/p-1. The van der Waals surface area contributed by atoms with Gasteiger partial charge in [-0.2, -0.15) is 18.6 Å². The summed E-state index contributed by atoms with van der Waals surface area (Å²) in [6, 6.07) is 15.4. The third-order valence-corrected chi connectivity index (χ3v) is 7.26. The molecule has 4 rings (SSSR count). The van der Waals surface area contributed by atoms with Gasteiger partial charge in [-0.1, -0.05) is 53.2 Å². The molecule has 0 aliphatic rings. The Morgan fingerprint density at radius 3 is 2.49 bits per heavy atom. The molecule has 0 fully saturated rings. The zero-order chi connectivity index (χ0) is 27.6. The molecule has 0 heterocycles. The molecule has 1 amide bonds. The van der Waals surface area contributed by atoms with Crippen LogP contribution in [-0.2, 0) is 10.1 Å². The minimum absolute atomic E-state index is 0. The average Bonchev–Trinajstić information content (AvgIpc) is 2.86. The van der Waals surface area contributed by atoms with Crippen molar-refractivity contribution in [2.45, 2.75) is 18.7 Å². The van der Waals surface area contributed by atoms with Gasteiger partial charge in [0.05, 0.1) is 28.0 Å². The molecule has 196 valence electrons. The molecule has 4 aromatic carbocycles. The maximum Gasteiger partial charge on any atom is 1.00 e. The monoisotopic (exact) mass is 595 g/mol. The predicted octanol–water partition coefficient (Wildman–Crippen LogP) is 3.85. The molecule has 0 atom stereocenters. The van der Waals surface area contributed by atoms with Gasteiger partial charge in [-0.3, -0.25) is 9.35 Å². The number of carbonyl (C=O) groups excluding carboxylic acids is 1. The molecule has 0 saturated heterocycles. The maximum absolute atomic E-state index is 13.4. The first-order valence-electron chi connectivity index (χ1n) is 11.2. The van der Waals surface area contributed by atoms with Crippen molar-refractivity contribution in [1.82, 2.24) is 0 Å². The van der Waals surface area contributed by atoms with Crippen LogP contribution in [0.3, 0.4) is 0 Å². The van der Waals surface area contributed by atoms with Crippen LogP contribution >= 0.6 is 23.2 Å². The fraction of sp³-hybridized carbons (Fsp3) is 0.115. The number of hydrogen-bond acceptors (Lipinski definition) is 7. The normalized spacial score (nSPS) is 11.4. The number of nitrogens with one attached hydrogen (secondary N) is 1. The molecule has 2 N–H and O–H groups in total. The van der Waals surface area contributed by atoms with Crippen molar-refractivity contribution in [3.05, 3.63) is 81.8 Å². The molecule has 0 bridgehead atoms. The summed E-state index contributed by atoms with van der Waals surface area (Å²) in [5.74, 6) is -0.993. The number of aryl methyl sites for hydroxylation is 1. The van der Waals surface area contributed by atoms with Gasteiger partial charge >= 0.3 is 29.6 Å². The van der Waals surface area contributed by atoms with E-state index in [1.54, 1.807) is 49.4 Å². The molecular formula is C26H20Cl2N3NaO6S. The van der Waals surface area contributed by atoms with Gasteiger partial charge in [0.1, 0.15) is 10.6 Å². The van der Waals surface area contributed by atoms with Crippen LogP contribution in [0.25, 0.3) is 10.8 Å². The third-order valence-electron chi connectivity index (χ3n) is 5.46. The summed E-state index contributed by atoms with van der Waals surface area (Å²) in [6.45, 7) is 3.70. The number of ether oxygens (including phenoxy) is 1. The van der Waals surface area contributed by atoms with Crippen molar-refractivity contribution < 1.29 is 57.2 Å². The van der Waals surface area contributed by atoms with Crippen LogP contribution in [0.4, 0.5) is 17.1 Å². The summed E-state index contributed by atoms with van der Waals surface area (Å²) < 4.78 is 38.3. The fourth-order valence-electron chi connectivity index (χ4n) is 3.70. The fourth-order valence-corrected chi connectivity index (χ4v) is 4.93. The largest absolute Gasteiger partial charge is 1.00 e. The number of nitrogens with zero attached hydrogens (tertiary/aromatic N) is 2. The van der Waals surface area contributed by atoms with E-state index < -0.39 is 26.7 Å². The van der Waals surface area contributed by atoms with Gasteiger partial charge in [0.25, 0.3) is 16.0 Å². The van der Waals surface area contributed by atoms with Crippen LogP contribution in [0.5, 0.6) is 11.5 Å². The van der Waals surface area contributed by atoms with Gasteiger partial charge in [0.2, 0.25) is 0 Å². The molecule has 13 heteroatoms. The van der Waals surface area contributed by atoms with E-state index >= 15 is 0 Å². The molecular weight excluding hydrogens is 576 g/mol. The van der Waals surface area contributed by atoms with Crippen LogP contribution in [0, 0.1) is 6.92 Å². The maximum atomic E-state index is 13.4. The molecule has 0 radical (unpaired) electrons. The Labute approximate surface area is 256 Å². The van der Waals surface area contributed by atoms with E-state index in [1.165, 1.54) is 19.1 Å². The Kier molecular flexibility index (Phi) is 10.0. The minimum atomic E-state index is -4.63. The van der Waals surface area contributed by atoms with Gasteiger partial charge in [-0.25, -0.2) is 0 Å². The zero-order valence-electron chi connectivity index (χ0n) is 21.0. The number of amides is 1. The van der Waals surface area contributed by atoms with Crippen molar-refractivity contribution in [2.24, 2.45) is 10.2 Å². The van der Waals surface area contributed by atoms with Gasteiger partial charge in [-0.05, 0) is 55.1 Å². The Bertz CT molecular complexity index is 1710. The van der Waals surface area contributed by atoms with Crippen LogP contribution in [0.1, 0.15) is 22.8 Å². The Morgan fingerprint density at radius 1 is 1.08 bits per heavy atom. The Morgan fingerprint density at radius 2 is 1.79 bits per heavy atom. The SMILES string of the molecule is CCOc1cc(NC(=O)c2cc3ccccc3c(N=Nc3cc(C)c(Cl)c(S(=O)(=O)O)c3)c2[O-])ccc1Cl.[Na+]. The molecule has 39 heavy (non-hydrogen) atoms. The van der Waals surface area contributed by atoms with Crippen LogP contribution < -0.4 is 44.7 Å². The van der Waals surface area contributed by atoms with Gasteiger partial charge in [0.15, 0.2) is 0 Å². The van der Waals surface area contributed by atoms with E-state index in [9.17, 15) is 22.9 Å². The molecule has 0 saturated carbocycles. The van der Waals surface area contributed by atoms with Crippen molar-refractivity contribution in [3.63, 3.8) is 0 Å². The molecule has 0 aromatic heterocycles. The predicted molar refractivity (Wildman–Crippen MR) is 144 cm³/mol. The van der Waals surface area contributed by atoms with Gasteiger partial charge < -0.3 is 15.2 Å². The van der Waals surface area contributed by atoms with Crippen molar-refractivity contribution >= 4 is 67.1 Å². The summed E-state index contributed by atoms with van der Waals surface area (Å²) in [6.07, 6.45) is 0. The first-order valence-corrected chi connectivity index (χ1v) is 13.3. The second-order valence-corrected chi connectivity index (χ2v) is 10.3. The van der Waals surface area contributed by atoms with Crippen LogP contribution in [0.2, 0.25) is 10.0 Å². The third kappa shape index (κ3) is 6.90. The van der Waals surface area contributed by atoms with E-state index in [0.29, 0.717) is 39.4 Å². The molecule has 0 aliphatic heterocycles. The number of halogens is 2. The molecule has 0 unspecified atom stereocenters. The van der Waals surface area contributed by atoms with E-state index in [2.05, 4.69) is 15.5 Å². The number of carbonyl (C=O) groups is 1. The van der Waals surface area contributed by atoms with E-state index in [1.807, 2.05) is 0 Å². The first kappa shape index (κ1) is 30.8. The van der Waals surface area contributed by atoms with E-state index in [4.69, 9.17) is 27.9 Å². The Hall–Kier alpha value is -2.70. The van der Waals surface area contributed by atoms with Crippen molar-refractivity contribution in [2.75, 3.05) is 11.9 Å². The van der Waals surface area contributed by atoms with Crippen LogP contribution in [0.15, 0.2) is 75.8 Å². The van der Waals surface area contributed by atoms with Crippen molar-refractivity contribution in [1.29, 1.82) is 0 Å². The quantitative estimate of drug-likeness (QED) is 0.189. The molecule has 9 nitrogen and oxygen atoms in total. The van der Waals surface area contributed by atoms with Gasteiger partial charge in [0, 0.05) is 22.7 Å². The molecule has 4 aromatic rings. The van der Waals surface area contributed by atoms with Gasteiger partial charge in [-0.15, -0.1) is 0 Å². The number of anilines is 1. The number of benzene rings is 4. The summed E-state index contributed by atoms with van der Waals surface area (Å²) in [4.78, 5) is 12.6.